The molecule has 0 unspecified atom stereocenters. The van der Waals surface area contributed by atoms with E-state index in [9.17, 15) is 9.59 Å². The van der Waals surface area contributed by atoms with Gasteiger partial charge in [-0.15, -0.1) is 0 Å². The number of carbonyl (C=O) groups excluding carboxylic acids is 2. The Bertz CT molecular complexity index is 843. The van der Waals surface area contributed by atoms with Gasteiger partial charge < -0.3 is 9.80 Å². The Morgan fingerprint density at radius 3 is 2.39 bits per heavy atom. The molecule has 0 aliphatic carbocycles. The summed E-state index contributed by atoms with van der Waals surface area (Å²) in [6.07, 6.45) is 4.88. The molecule has 1 fully saturated rings. The van der Waals surface area contributed by atoms with Gasteiger partial charge in [-0.25, -0.2) is 0 Å². The molecule has 2 aromatic carbocycles. The second-order valence-corrected chi connectivity index (χ2v) is 7.98. The number of piperidine rings is 1. The van der Waals surface area contributed by atoms with E-state index in [0.29, 0.717) is 32.5 Å². The average Bonchev–Trinajstić information content (AvgIpc) is 2.74. The van der Waals surface area contributed by atoms with E-state index in [2.05, 4.69) is 15.9 Å². The number of likely N-dealkylation sites (tertiary alicyclic amines) is 1. The van der Waals surface area contributed by atoms with Crippen molar-refractivity contribution in [2.45, 2.75) is 19.4 Å². The third-order valence-corrected chi connectivity index (χ3v) is 5.89. The van der Waals surface area contributed by atoms with Crippen molar-refractivity contribution in [3.8, 4) is 0 Å². The Hall–Kier alpha value is -2.40. The van der Waals surface area contributed by atoms with Crippen molar-refractivity contribution < 1.29 is 9.59 Å². The Balaban J connectivity index is 1.50. The molecule has 0 bridgehead atoms. The molecule has 1 aliphatic heterocycles. The molecule has 0 spiro atoms. The lowest BCUT2D eigenvalue weighted by molar-refractivity contribution is -0.138. The van der Waals surface area contributed by atoms with E-state index in [-0.39, 0.29) is 17.7 Å². The minimum Gasteiger partial charge on any atom is -0.341 e. The van der Waals surface area contributed by atoms with Crippen molar-refractivity contribution >= 4 is 33.8 Å². The molecular formula is C23H25BrN2O2. The average molecular weight is 441 g/mol. The Morgan fingerprint density at radius 1 is 1.07 bits per heavy atom. The van der Waals surface area contributed by atoms with Crippen LogP contribution in [0, 0.1) is 5.92 Å². The zero-order chi connectivity index (χ0) is 19.9. The van der Waals surface area contributed by atoms with Gasteiger partial charge in [-0.2, -0.15) is 0 Å². The maximum atomic E-state index is 12.8. The first-order valence-electron chi connectivity index (χ1n) is 9.55. The SMILES string of the molecule is CN(Cc1ccccc1Br)C(=O)C1CCN(C(=O)/C=C/c2ccccc2)CC1. The zero-order valence-electron chi connectivity index (χ0n) is 16.1. The van der Waals surface area contributed by atoms with Crippen molar-refractivity contribution in [3.05, 3.63) is 76.3 Å². The third-order valence-electron chi connectivity index (χ3n) is 5.12. The monoisotopic (exact) mass is 440 g/mol. The second-order valence-electron chi connectivity index (χ2n) is 7.13. The number of carbonyl (C=O) groups is 2. The highest BCUT2D eigenvalue weighted by atomic mass is 79.9. The van der Waals surface area contributed by atoms with Crippen molar-refractivity contribution in [2.24, 2.45) is 5.92 Å². The van der Waals surface area contributed by atoms with Crippen LogP contribution < -0.4 is 0 Å². The van der Waals surface area contributed by atoms with Gasteiger partial charge in [0.05, 0.1) is 0 Å². The number of amides is 2. The minimum absolute atomic E-state index is 0.0105. The highest BCUT2D eigenvalue weighted by molar-refractivity contribution is 9.10. The van der Waals surface area contributed by atoms with Gasteiger partial charge in [-0.1, -0.05) is 64.5 Å². The van der Waals surface area contributed by atoms with Crippen LogP contribution in [0.25, 0.3) is 6.08 Å². The molecule has 2 aromatic rings. The van der Waals surface area contributed by atoms with Gasteiger partial charge in [-0.3, -0.25) is 9.59 Å². The van der Waals surface area contributed by atoms with E-state index < -0.39 is 0 Å². The van der Waals surface area contributed by atoms with E-state index in [1.165, 1.54) is 0 Å². The summed E-state index contributed by atoms with van der Waals surface area (Å²) in [4.78, 5) is 28.8. The zero-order valence-corrected chi connectivity index (χ0v) is 17.6. The molecule has 0 aromatic heterocycles. The topological polar surface area (TPSA) is 40.6 Å². The predicted octanol–water partition coefficient (Wildman–Crippen LogP) is 4.36. The Kier molecular flexibility index (Phi) is 7.04. The summed E-state index contributed by atoms with van der Waals surface area (Å²) in [6, 6.07) is 17.7. The minimum atomic E-state index is -0.0189. The van der Waals surface area contributed by atoms with Gasteiger partial charge >= 0.3 is 0 Å². The normalized spacial score (nSPS) is 15.0. The van der Waals surface area contributed by atoms with Crippen LogP contribution >= 0.6 is 15.9 Å². The van der Waals surface area contributed by atoms with Crippen LogP contribution in [0.15, 0.2) is 65.1 Å². The molecule has 1 heterocycles. The molecule has 0 N–H and O–H groups in total. The van der Waals surface area contributed by atoms with Crippen LogP contribution in [0.1, 0.15) is 24.0 Å². The van der Waals surface area contributed by atoms with Crippen LogP contribution in [-0.4, -0.2) is 41.8 Å². The molecule has 146 valence electrons. The smallest absolute Gasteiger partial charge is 0.246 e. The van der Waals surface area contributed by atoms with Gasteiger partial charge in [0.25, 0.3) is 0 Å². The van der Waals surface area contributed by atoms with Gasteiger partial charge in [0.2, 0.25) is 11.8 Å². The molecule has 3 rings (SSSR count). The number of hydrogen-bond donors (Lipinski definition) is 0. The maximum Gasteiger partial charge on any atom is 0.246 e. The molecule has 0 atom stereocenters. The molecule has 28 heavy (non-hydrogen) atoms. The Morgan fingerprint density at radius 2 is 1.71 bits per heavy atom. The summed E-state index contributed by atoms with van der Waals surface area (Å²) >= 11 is 3.54. The largest absolute Gasteiger partial charge is 0.341 e. The molecule has 4 nitrogen and oxygen atoms in total. The maximum absolute atomic E-state index is 12.8. The first kappa shape index (κ1) is 20.3. The Labute approximate surface area is 175 Å². The molecule has 1 saturated heterocycles. The van der Waals surface area contributed by atoms with Crippen molar-refractivity contribution in [3.63, 3.8) is 0 Å². The predicted molar refractivity (Wildman–Crippen MR) is 115 cm³/mol. The fourth-order valence-electron chi connectivity index (χ4n) is 3.46. The second kappa shape index (κ2) is 9.69. The van der Waals surface area contributed by atoms with Crippen LogP contribution in [-0.2, 0) is 16.1 Å². The molecule has 0 radical (unpaired) electrons. The summed E-state index contributed by atoms with van der Waals surface area (Å²) < 4.78 is 1.01. The van der Waals surface area contributed by atoms with Crippen LogP contribution in [0.5, 0.6) is 0 Å². The van der Waals surface area contributed by atoms with Crippen LogP contribution in [0.2, 0.25) is 0 Å². The fraction of sp³-hybridized carbons (Fsp3) is 0.304. The summed E-state index contributed by atoms with van der Waals surface area (Å²) in [6.45, 7) is 1.83. The highest BCUT2D eigenvalue weighted by Gasteiger charge is 2.28. The summed E-state index contributed by atoms with van der Waals surface area (Å²) in [5, 5.41) is 0. The highest BCUT2D eigenvalue weighted by Crippen LogP contribution is 2.22. The van der Waals surface area contributed by atoms with E-state index in [0.717, 1.165) is 15.6 Å². The molecule has 1 aliphatic rings. The fourth-order valence-corrected chi connectivity index (χ4v) is 3.87. The molecule has 5 heteroatoms. The number of benzene rings is 2. The van der Waals surface area contributed by atoms with Crippen molar-refractivity contribution in [1.29, 1.82) is 0 Å². The van der Waals surface area contributed by atoms with Gasteiger partial charge in [0, 0.05) is 43.1 Å². The van der Waals surface area contributed by atoms with Crippen molar-refractivity contribution in [2.75, 3.05) is 20.1 Å². The lowest BCUT2D eigenvalue weighted by atomic mass is 9.95. The van der Waals surface area contributed by atoms with E-state index in [1.54, 1.807) is 11.0 Å². The first-order chi connectivity index (χ1) is 13.5. The van der Waals surface area contributed by atoms with Gasteiger partial charge in [-0.05, 0) is 36.1 Å². The molecule has 2 amide bonds. The number of nitrogens with zero attached hydrogens (tertiary/aromatic N) is 2. The van der Waals surface area contributed by atoms with E-state index >= 15 is 0 Å². The van der Waals surface area contributed by atoms with Crippen LogP contribution in [0.3, 0.4) is 0 Å². The summed E-state index contributed by atoms with van der Waals surface area (Å²) in [5.74, 6) is 0.147. The third kappa shape index (κ3) is 5.32. The lowest BCUT2D eigenvalue weighted by Crippen LogP contribution is -2.42. The lowest BCUT2D eigenvalue weighted by Gasteiger charge is -2.32. The first-order valence-corrected chi connectivity index (χ1v) is 10.3. The van der Waals surface area contributed by atoms with Crippen LogP contribution in [0.4, 0.5) is 0 Å². The van der Waals surface area contributed by atoms with Gasteiger partial charge in [0.15, 0.2) is 0 Å². The van der Waals surface area contributed by atoms with E-state index in [1.807, 2.05) is 72.6 Å². The number of halogens is 1. The number of rotatable bonds is 5. The van der Waals surface area contributed by atoms with Gasteiger partial charge in [0.1, 0.15) is 0 Å². The van der Waals surface area contributed by atoms with E-state index in [4.69, 9.17) is 0 Å². The molecular weight excluding hydrogens is 416 g/mol. The summed E-state index contributed by atoms with van der Waals surface area (Å²) in [7, 11) is 1.85. The van der Waals surface area contributed by atoms with Crippen molar-refractivity contribution in [1.82, 2.24) is 9.80 Å². The standard InChI is InChI=1S/C23H25BrN2O2/c1-25(17-20-9-5-6-10-21(20)24)23(28)19-13-15-26(16-14-19)22(27)12-11-18-7-3-2-4-8-18/h2-12,19H,13-17H2,1H3/b12-11+. The summed E-state index contributed by atoms with van der Waals surface area (Å²) in [5.41, 5.74) is 2.10. The number of hydrogen-bond acceptors (Lipinski definition) is 2. The quantitative estimate of drug-likeness (QED) is 0.647. The molecule has 0 saturated carbocycles.